The van der Waals surface area contributed by atoms with Gasteiger partial charge in [0.2, 0.25) is 5.89 Å². The van der Waals surface area contributed by atoms with Crippen molar-refractivity contribution in [3.8, 4) is 17.1 Å². The maximum absolute atomic E-state index is 11.7. The van der Waals surface area contributed by atoms with Crippen LogP contribution in [0.1, 0.15) is 12.8 Å². The zero-order valence-electron chi connectivity index (χ0n) is 15.6. The summed E-state index contributed by atoms with van der Waals surface area (Å²) < 4.78 is 16.5. The quantitative estimate of drug-likeness (QED) is 0.498. The molecule has 1 N–H and O–H groups in total. The Morgan fingerprint density at radius 1 is 1.14 bits per heavy atom. The first-order valence-corrected chi connectivity index (χ1v) is 10.1. The van der Waals surface area contributed by atoms with Crippen molar-refractivity contribution in [1.29, 1.82) is 0 Å². The van der Waals surface area contributed by atoms with Crippen LogP contribution in [-0.4, -0.2) is 30.0 Å². The van der Waals surface area contributed by atoms with Crippen LogP contribution in [0.5, 0.6) is 5.75 Å². The number of oxazole rings is 1. The smallest absolute Gasteiger partial charge is 0.411 e. The molecule has 0 fully saturated rings. The van der Waals surface area contributed by atoms with Crippen LogP contribution in [0.25, 0.3) is 11.3 Å². The number of ether oxygens (including phenoxy) is 2. The molecule has 0 bridgehead atoms. The molecule has 0 aliphatic heterocycles. The van der Waals surface area contributed by atoms with E-state index in [0.717, 1.165) is 17.1 Å². The second kappa shape index (κ2) is 10.4. The maximum Gasteiger partial charge on any atom is 0.411 e. The first-order valence-electron chi connectivity index (χ1n) is 8.99. The monoisotopic (exact) mass is 398 g/mol. The van der Waals surface area contributed by atoms with Crippen LogP contribution in [0.3, 0.4) is 0 Å². The van der Waals surface area contributed by atoms with Crippen molar-refractivity contribution in [2.45, 2.75) is 12.7 Å². The minimum absolute atomic E-state index is 0.311. The molecule has 0 aliphatic rings. The van der Waals surface area contributed by atoms with Gasteiger partial charge in [-0.05, 0) is 31.2 Å². The number of nitrogens with one attached hydrogen (secondary N) is 1. The summed E-state index contributed by atoms with van der Waals surface area (Å²) in [7, 11) is 0. The van der Waals surface area contributed by atoms with Crippen molar-refractivity contribution in [2.24, 2.45) is 0 Å². The Labute approximate surface area is 168 Å². The van der Waals surface area contributed by atoms with E-state index in [0.29, 0.717) is 36.3 Å². The molecule has 0 unspecified atom stereocenters. The number of carbonyl (C=O) groups is 1. The number of amides is 1. The van der Waals surface area contributed by atoms with Crippen LogP contribution in [0.15, 0.2) is 65.2 Å². The van der Waals surface area contributed by atoms with Gasteiger partial charge in [-0.15, -0.1) is 11.8 Å². The summed E-state index contributed by atoms with van der Waals surface area (Å²) in [6.07, 6.45) is 1.17. The van der Waals surface area contributed by atoms with Gasteiger partial charge in [0.05, 0.1) is 30.9 Å². The fourth-order valence-corrected chi connectivity index (χ4v) is 3.13. The van der Waals surface area contributed by atoms with Crippen molar-refractivity contribution in [1.82, 2.24) is 4.98 Å². The average molecular weight is 398 g/mol. The summed E-state index contributed by atoms with van der Waals surface area (Å²) in [6, 6.07) is 17.1. The predicted molar refractivity (Wildman–Crippen MR) is 111 cm³/mol. The van der Waals surface area contributed by atoms with Crippen molar-refractivity contribution < 1.29 is 18.7 Å². The second-order valence-corrected chi connectivity index (χ2v) is 6.83. The average Bonchev–Trinajstić information content (AvgIpc) is 3.18. The van der Waals surface area contributed by atoms with E-state index in [2.05, 4.69) is 10.3 Å². The van der Waals surface area contributed by atoms with Crippen molar-refractivity contribution >= 4 is 23.5 Å². The van der Waals surface area contributed by atoms with Crippen LogP contribution < -0.4 is 10.1 Å². The molecule has 1 aromatic heterocycles. The highest BCUT2D eigenvalue weighted by Gasteiger charge is 2.13. The Morgan fingerprint density at radius 2 is 1.93 bits per heavy atom. The Bertz CT molecular complexity index is 883. The molecular weight excluding hydrogens is 376 g/mol. The van der Waals surface area contributed by atoms with Gasteiger partial charge in [0.25, 0.3) is 0 Å². The number of hydrogen-bond donors (Lipinski definition) is 1. The lowest BCUT2D eigenvalue weighted by Gasteiger charge is -2.08. The van der Waals surface area contributed by atoms with Gasteiger partial charge in [0.15, 0.2) is 5.76 Å². The molecule has 2 aromatic carbocycles. The third-order valence-corrected chi connectivity index (χ3v) is 4.63. The van der Waals surface area contributed by atoms with Gasteiger partial charge in [-0.3, -0.25) is 5.32 Å². The molecule has 3 aromatic rings. The Hall–Kier alpha value is -2.93. The standard InChI is InChI=1S/C21H22N2O4S/c1-2-25-21(24)23-18-11-7-6-10-17(18)19-14-22-20(27-19)15-28-13-12-26-16-8-4-3-5-9-16/h3-11,14H,2,12-13,15H2,1H3,(H,23,24). The van der Waals surface area contributed by atoms with Gasteiger partial charge < -0.3 is 13.9 Å². The van der Waals surface area contributed by atoms with Crippen LogP contribution >= 0.6 is 11.8 Å². The lowest BCUT2D eigenvalue weighted by Crippen LogP contribution is -2.13. The molecule has 0 aliphatic carbocycles. The van der Waals surface area contributed by atoms with Gasteiger partial charge in [0.1, 0.15) is 5.75 Å². The zero-order chi connectivity index (χ0) is 19.6. The van der Waals surface area contributed by atoms with Crippen molar-refractivity contribution in [3.63, 3.8) is 0 Å². The van der Waals surface area contributed by atoms with E-state index in [4.69, 9.17) is 13.9 Å². The molecule has 0 radical (unpaired) electrons. The van der Waals surface area contributed by atoms with E-state index in [1.54, 1.807) is 30.9 Å². The largest absolute Gasteiger partial charge is 0.493 e. The lowest BCUT2D eigenvalue weighted by molar-refractivity contribution is 0.168. The van der Waals surface area contributed by atoms with Crippen LogP contribution in [0.2, 0.25) is 0 Å². The van der Waals surface area contributed by atoms with Crippen molar-refractivity contribution in [3.05, 3.63) is 66.7 Å². The molecule has 28 heavy (non-hydrogen) atoms. The summed E-state index contributed by atoms with van der Waals surface area (Å²) in [5.74, 6) is 3.57. The molecule has 7 heteroatoms. The molecule has 146 valence electrons. The SMILES string of the molecule is CCOC(=O)Nc1ccccc1-c1cnc(CSCCOc2ccccc2)o1. The van der Waals surface area contributed by atoms with E-state index >= 15 is 0 Å². The van der Waals surface area contributed by atoms with E-state index in [9.17, 15) is 4.79 Å². The molecular formula is C21H22N2O4S. The third kappa shape index (κ3) is 5.79. The topological polar surface area (TPSA) is 73.6 Å². The second-order valence-electron chi connectivity index (χ2n) is 5.72. The first-order chi connectivity index (χ1) is 13.8. The highest BCUT2D eigenvalue weighted by Crippen LogP contribution is 2.29. The van der Waals surface area contributed by atoms with Crippen molar-refractivity contribution in [2.75, 3.05) is 24.3 Å². The summed E-state index contributed by atoms with van der Waals surface area (Å²) in [4.78, 5) is 16.0. The number of carbonyl (C=O) groups excluding carboxylic acids is 1. The third-order valence-electron chi connectivity index (χ3n) is 3.72. The van der Waals surface area contributed by atoms with E-state index in [1.165, 1.54) is 0 Å². The first kappa shape index (κ1) is 19.8. The lowest BCUT2D eigenvalue weighted by atomic mass is 10.1. The Morgan fingerprint density at radius 3 is 2.75 bits per heavy atom. The summed E-state index contributed by atoms with van der Waals surface area (Å²) in [5, 5.41) is 2.72. The molecule has 0 saturated carbocycles. The number of hydrogen-bond acceptors (Lipinski definition) is 6. The number of thioether (sulfide) groups is 1. The minimum Gasteiger partial charge on any atom is -0.493 e. The Kier molecular flexibility index (Phi) is 7.37. The number of benzene rings is 2. The number of para-hydroxylation sites is 2. The highest BCUT2D eigenvalue weighted by atomic mass is 32.2. The maximum atomic E-state index is 11.7. The molecule has 0 saturated heterocycles. The Balaban J connectivity index is 1.52. The molecule has 1 heterocycles. The van der Waals surface area contributed by atoms with Gasteiger partial charge in [0, 0.05) is 11.3 Å². The zero-order valence-corrected chi connectivity index (χ0v) is 16.4. The van der Waals surface area contributed by atoms with Gasteiger partial charge in [-0.25, -0.2) is 9.78 Å². The number of anilines is 1. The summed E-state index contributed by atoms with van der Waals surface area (Å²) >= 11 is 1.68. The van der Waals surface area contributed by atoms with Crippen LogP contribution in [0.4, 0.5) is 10.5 Å². The molecule has 3 rings (SSSR count). The highest BCUT2D eigenvalue weighted by molar-refractivity contribution is 7.98. The normalized spacial score (nSPS) is 10.5. The molecule has 6 nitrogen and oxygen atoms in total. The number of rotatable bonds is 9. The van der Waals surface area contributed by atoms with E-state index in [-0.39, 0.29) is 0 Å². The van der Waals surface area contributed by atoms with Crippen LogP contribution in [0, 0.1) is 0 Å². The van der Waals surface area contributed by atoms with Crippen LogP contribution in [-0.2, 0) is 10.5 Å². The van der Waals surface area contributed by atoms with E-state index in [1.807, 2.05) is 48.5 Å². The molecule has 1 amide bonds. The fourth-order valence-electron chi connectivity index (χ4n) is 2.48. The predicted octanol–water partition coefficient (Wildman–Crippen LogP) is 5.22. The van der Waals surface area contributed by atoms with Gasteiger partial charge >= 0.3 is 6.09 Å². The fraction of sp³-hybridized carbons (Fsp3) is 0.238. The van der Waals surface area contributed by atoms with E-state index < -0.39 is 6.09 Å². The minimum atomic E-state index is -0.497. The molecule has 0 spiro atoms. The van der Waals surface area contributed by atoms with Gasteiger partial charge in [-0.2, -0.15) is 0 Å². The number of aromatic nitrogens is 1. The summed E-state index contributed by atoms with van der Waals surface area (Å²) in [6.45, 7) is 2.69. The van der Waals surface area contributed by atoms with Gasteiger partial charge in [-0.1, -0.05) is 30.3 Å². The number of nitrogens with zero attached hydrogens (tertiary/aromatic N) is 1. The molecule has 0 atom stereocenters. The summed E-state index contributed by atoms with van der Waals surface area (Å²) in [5.41, 5.74) is 1.37.